The zero-order valence-corrected chi connectivity index (χ0v) is 21.0. The van der Waals surface area contributed by atoms with E-state index in [0.717, 1.165) is 45.6 Å². The highest BCUT2D eigenvalue weighted by Gasteiger charge is 2.23. The number of pyridine rings is 1. The Hall–Kier alpha value is -3.42. The van der Waals surface area contributed by atoms with Crippen LogP contribution in [0.5, 0.6) is 0 Å². The third kappa shape index (κ3) is 6.56. The van der Waals surface area contributed by atoms with Crippen LogP contribution >= 0.6 is 0 Å². The zero-order chi connectivity index (χ0) is 25.0. The summed E-state index contributed by atoms with van der Waals surface area (Å²) >= 11 is 0. The van der Waals surface area contributed by atoms with Crippen molar-refractivity contribution in [3.05, 3.63) is 68.7 Å². The van der Waals surface area contributed by atoms with Crippen molar-refractivity contribution in [3.63, 3.8) is 0 Å². The van der Waals surface area contributed by atoms with E-state index in [-0.39, 0.29) is 6.61 Å². The number of benzene rings is 1. The van der Waals surface area contributed by atoms with Gasteiger partial charge in [0.25, 0.3) is 0 Å². The molecule has 8 heteroatoms. The van der Waals surface area contributed by atoms with E-state index in [1.165, 1.54) is 0 Å². The van der Waals surface area contributed by atoms with Gasteiger partial charge < -0.3 is 10.1 Å². The Morgan fingerprint density at radius 3 is 2.38 bits per heavy atom. The molecular weight excluding hydrogens is 432 g/mol. The molecule has 0 aliphatic rings. The van der Waals surface area contributed by atoms with Crippen molar-refractivity contribution in [1.82, 2.24) is 20.4 Å². The smallest absolute Gasteiger partial charge is 0.438 e. The second-order valence-electron chi connectivity index (χ2n) is 10.1. The van der Waals surface area contributed by atoms with Gasteiger partial charge in [-0.05, 0) is 63.6 Å². The first-order valence-electron chi connectivity index (χ1n) is 11.5. The number of rotatable bonds is 7. The van der Waals surface area contributed by atoms with Crippen molar-refractivity contribution in [3.8, 4) is 11.1 Å². The number of nitrogens with one attached hydrogen (secondary N) is 2. The van der Waals surface area contributed by atoms with Crippen LogP contribution in [0.1, 0.15) is 68.5 Å². The molecule has 0 bridgehead atoms. The molecule has 182 valence electrons. The third-order valence-electron chi connectivity index (χ3n) is 5.29. The molecule has 0 saturated heterocycles. The summed E-state index contributed by atoms with van der Waals surface area (Å²) in [5.41, 5.74) is 6.13. The second kappa shape index (κ2) is 10.2. The molecule has 0 aliphatic carbocycles. The lowest BCUT2D eigenvalue weighted by Gasteiger charge is -2.23. The minimum atomic E-state index is -0.601. The van der Waals surface area contributed by atoms with Crippen LogP contribution in [0.15, 0.2) is 33.6 Å². The lowest BCUT2D eigenvalue weighted by atomic mass is 9.88. The minimum absolute atomic E-state index is 0.0722. The first-order chi connectivity index (χ1) is 15.9. The summed E-state index contributed by atoms with van der Waals surface area (Å²) in [5.74, 6) is 0.172. The number of ether oxygens (including phenoxy) is 1. The molecule has 0 fully saturated rings. The predicted molar refractivity (Wildman–Crippen MR) is 131 cm³/mol. The van der Waals surface area contributed by atoms with E-state index in [9.17, 15) is 9.59 Å². The van der Waals surface area contributed by atoms with E-state index < -0.39 is 17.4 Å². The van der Waals surface area contributed by atoms with Gasteiger partial charge in [0.2, 0.25) is 0 Å². The van der Waals surface area contributed by atoms with Crippen molar-refractivity contribution in [2.45, 2.75) is 73.5 Å². The van der Waals surface area contributed by atoms with Gasteiger partial charge in [-0.15, -0.1) is 0 Å². The van der Waals surface area contributed by atoms with Gasteiger partial charge in [-0.25, -0.2) is 9.59 Å². The first-order valence-corrected chi connectivity index (χ1v) is 11.5. The highest BCUT2D eigenvalue weighted by atomic mass is 16.5. The standard InChI is InChI=1S/C26H34N4O4/c1-15(2)12-21-20(14-33-25(32)29-26(5,6)7)23(18-10-8-16(3)9-11-18)19(17(4)27-21)13-22-28-24(31)34-30-22/h8-11,15H,12-14H2,1-7H3,(H,29,32)(H,28,30,31). The summed E-state index contributed by atoms with van der Waals surface area (Å²) in [4.78, 5) is 31.6. The number of aromatic amines is 1. The molecule has 34 heavy (non-hydrogen) atoms. The molecular formula is C26H34N4O4. The van der Waals surface area contributed by atoms with E-state index in [1.807, 2.05) is 46.8 Å². The fraction of sp³-hybridized carbons (Fsp3) is 0.462. The average molecular weight is 467 g/mol. The topological polar surface area (TPSA) is 110 Å². The van der Waals surface area contributed by atoms with Crippen molar-refractivity contribution < 1.29 is 14.1 Å². The van der Waals surface area contributed by atoms with Gasteiger partial charge in [0, 0.05) is 28.9 Å². The van der Waals surface area contributed by atoms with Gasteiger partial charge in [0.1, 0.15) is 6.61 Å². The van der Waals surface area contributed by atoms with Crippen molar-refractivity contribution in [2.24, 2.45) is 5.92 Å². The first kappa shape index (κ1) is 25.2. The number of hydrogen-bond acceptors (Lipinski definition) is 6. The second-order valence-corrected chi connectivity index (χ2v) is 10.1. The Labute approximate surface area is 200 Å². The summed E-state index contributed by atoms with van der Waals surface area (Å²) in [7, 11) is 0. The fourth-order valence-electron chi connectivity index (χ4n) is 3.82. The highest BCUT2D eigenvalue weighted by molar-refractivity contribution is 5.74. The van der Waals surface area contributed by atoms with Crippen LogP contribution in [0, 0.1) is 19.8 Å². The molecule has 0 aliphatic heterocycles. The van der Waals surface area contributed by atoms with Crippen LogP contribution in [0.2, 0.25) is 0 Å². The van der Waals surface area contributed by atoms with Crippen LogP contribution in [-0.4, -0.2) is 26.8 Å². The molecule has 2 aromatic heterocycles. The third-order valence-corrected chi connectivity index (χ3v) is 5.29. The molecule has 3 aromatic rings. The van der Waals surface area contributed by atoms with E-state index in [4.69, 9.17) is 14.2 Å². The van der Waals surface area contributed by atoms with Crippen LogP contribution in [0.4, 0.5) is 4.79 Å². The predicted octanol–water partition coefficient (Wildman–Crippen LogP) is 4.86. The molecule has 0 spiro atoms. The Balaban J connectivity index is 2.16. The summed E-state index contributed by atoms with van der Waals surface area (Å²) in [6, 6.07) is 8.20. The van der Waals surface area contributed by atoms with Crippen LogP contribution in [-0.2, 0) is 24.2 Å². The number of H-pyrrole nitrogens is 1. The lowest BCUT2D eigenvalue weighted by molar-refractivity contribution is 0.131. The number of nitrogens with zero attached hydrogens (tertiary/aromatic N) is 2. The number of aryl methyl sites for hydroxylation is 2. The summed E-state index contributed by atoms with van der Waals surface area (Å²) in [6.07, 6.45) is 0.581. The zero-order valence-electron chi connectivity index (χ0n) is 21.0. The summed E-state index contributed by atoms with van der Waals surface area (Å²) in [5, 5.41) is 6.69. The molecule has 1 amide bonds. The number of amides is 1. The van der Waals surface area contributed by atoms with Gasteiger partial charge in [0.15, 0.2) is 5.82 Å². The molecule has 2 N–H and O–H groups in total. The molecule has 0 unspecified atom stereocenters. The molecule has 0 radical (unpaired) electrons. The molecule has 0 atom stereocenters. The van der Waals surface area contributed by atoms with Crippen molar-refractivity contribution in [2.75, 3.05) is 0 Å². The summed E-state index contributed by atoms with van der Waals surface area (Å²) < 4.78 is 10.4. The highest BCUT2D eigenvalue weighted by Crippen LogP contribution is 2.34. The molecule has 3 rings (SSSR count). The van der Waals surface area contributed by atoms with Crippen LogP contribution < -0.4 is 11.1 Å². The Morgan fingerprint density at radius 1 is 1.15 bits per heavy atom. The van der Waals surface area contributed by atoms with E-state index in [1.54, 1.807) is 0 Å². The molecule has 0 saturated carbocycles. The Morgan fingerprint density at radius 2 is 1.82 bits per heavy atom. The van der Waals surface area contributed by atoms with Crippen molar-refractivity contribution >= 4 is 6.09 Å². The van der Waals surface area contributed by atoms with E-state index >= 15 is 0 Å². The van der Waals surface area contributed by atoms with E-state index in [0.29, 0.717) is 18.2 Å². The van der Waals surface area contributed by atoms with Gasteiger partial charge in [0.05, 0.1) is 0 Å². The maximum absolute atomic E-state index is 12.5. The number of hydrogen-bond donors (Lipinski definition) is 2. The molecule has 8 nitrogen and oxygen atoms in total. The number of alkyl carbamates (subject to hydrolysis) is 1. The molecule has 1 aromatic carbocycles. The Bertz CT molecular complexity index is 1200. The van der Waals surface area contributed by atoms with Gasteiger partial charge in [-0.3, -0.25) is 14.5 Å². The van der Waals surface area contributed by atoms with Gasteiger partial charge in [-0.1, -0.05) is 48.8 Å². The molecule has 2 heterocycles. The normalized spacial score (nSPS) is 11.6. The monoisotopic (exact) mass is 466 g/mol. The summed E-state index contributed by atoms with van der Waals surface area (Å²) in [6.45, 7) is 14.0. The van der Waals surface area contributed by atoms with Crippen LogP contribution in [0.3, 0.4) is 0 Å². The fourth-order valence-corrected chi connectivity index (χ4v) is 3.82. The lowest BCUT2D eigenvalue weighted by Crippen LogP contribution is -2.40. The minimum Gasteiger partial charge on any atom is -0.445 e. The Kier molecular flexibility index (Phi) is 7.59. The average Bonchev–Trinajstić information content (AvgIpc) is 3.12. The number of aromatic nitrogens is 3. The quantitative estimate of drug-likeness (QED) is 0.515. The number of carbonyl (C=O) groups is 1. The maximum Gasteiger partial charge on any atom is 0.438 e. The van der Waals surface area contributed by atoms with Gasteiger partial charge >= 0.3 is 11.8 Å². The van der Waals surface area contributed by atoms with E-state index in [2.05, 4.69) is 41.4 Å². The SMILES string of the molecule is Cc1ccc(-c2c(Cc3noc(=O)[nH]3)c(C)nc(CC(C)C)c2COC(=O)NC(C)(C)C)cc1. The largest absolute Gasteiger partial charge is 0.445 e. The van der Waals surface area contributed by atoms with Crippen LogP contribution in [0.25, 0.3) is 11.1 Å². The van der Waals surface area contributed by atoms with Gasteiger partial charge in [-0.2, -0.15) is 0 Å². The van der Waals surface area contributed by atoms with Crippen molar-refractivity contribution in [1.29, 1.82) is 0 Å². The maximum atomic E-state index is 12.5. The number of carbonyl (C=O) groups excluding carboxylic acids is 1.